The molecule has 7 heteroatoms. The third kappa shape index (κ3) is 5.11. The van der Waals surface area contributed by atoms with E-state index in [-0.39, 0.29) is 6.04 Å². The van der Waals surface area contributed by atoms with Gasteiger partial charge in [0.05, 0.1) is 3.79 Å². The Morgan fingerprint density at radius 2 is 1.90 bits per heavy atom. The van der Waals surface area contributed by atoms with Gasteiger partial charge in [0.15, 0.2) is 0 Å². The largest absolute Gasteiger partial charge is 0.310 e. The molecule has 0 aliphatic heterocycles. The molecule has 1 aromatic rings. The first-order valence-corrected chi connectivity index (χ1v) is 9.93. The summed E-state index contributed by atoms with van der Waals surface area (Å²) >= 11 is 4.83. The van der Waals surface area contributed by atoms with Gasteiger partial charge in [-0.25, -0.2) is 13.1 Å². The maximum Gasteiger partial charge on any atom is 0.242 e. The summed E-state index contributed by atoms with van der Waals surface area (Å²) in [7, 11) is -3.45. The molecule has 0 atom stereocenters. The van der Waals surface area contributed by atoms with E-state index in [2.05, 4.69) is 39.8 Å². The van der Waals surface area contributed by atoms with Crippen LogP contribution in [0.2, 0.25) is 0 Å². The van der Waals surface area contributed by atoms with Gasteiger partial charge in [-0.2, -0.15) is 0 Å². The predicted molar refractivity (Wildman–Crippen MR) is 88.7 cm³/mol. The molecular weight excluding hydrogens is 360 g/mol. The van der Waals surface area contributed by atoms with Crippen molar-refractivity contribution in [1.82, 2.24) is 10.0 Å². The number of nitrogens with one attached hydrogen (secondary N) is 2. The molecule has 0 aliphatic rings. The van der Waals surface area contributed by atoms with E-state index in [4.69, 9.17) is 0 Å². The minimum atomic E-state index is -3.45. The summed E-state index contributed by atoms with van der Waals surface area (Å²) in [6.07, 6.45) is 1.58. The SMILES string of the molecule is CCC(CC)NS(=O)(=O)c1cc(CNC(C)C)sc1Br. The Kier molecular flexibility index (Phi) is 7.14. The van der Waals surface area contributed by atoms with Gasteiger partial charge in [-0.05, 0) is 34.8 Å². The Morgan fingerprint density at radius 1 is 1.30 bits per heavy atom. The zero-order valence-corrected chi connectivity index (χ0v) is 15.6. The summed E-state index contributed by atoms with van der Waals surface area (Å²) in [5, 5.41) is 3.29. The molecule has 4 nitrogen and oxygen atoms in total. The quantitative estimate of drug-likeness (QED) is 0.723. The maximum atomic E-state index is 12.4. The molecule has 1 rings (SSSR count). The molecule has 116 valence electrons. The van der Waals surface area contributed by atoms with E-state index in [1.54, 1.807) is 6.07 Å². The Hall–Kier alpha value is 0.0500. The highest BCUT2D eigenvalue weighted by Crippen LogP contribution is 2.32. The first-order valence-electron chi connectivity index (χ1n) is 6.84. The van der Waals surface area contributed by atoms with Crippen molar-refractivity contribution in [2.75, 3.05) is 0 Å². The molecule has 1 aromatic heterocycles. The van der Waals surface area contributed by atoms with Crippen LogP contribution in [0, 0.1) is 0 Å². The van der Waals surface area contributed by atoms with Crippen molar-refractivity contribution in [1.29, 1.82) is 0 Å². The molecule has 1 heterocycles. The van der Waals surface area contributed by atoms with E-state index in [0.717, 1.165) is 17.7 Å². The van der Waals surface area contributed by atoms with Crippen molar-refractivity contribution in [2.24, 2.45) is 0 Å². The summed E-state index contributed by atoms with van der Waals surface area (Å²) in [6, 6.07) is 2.11. The van der Waals surface area contributed by atoms with Crippen molar-refractivity contribution in [3.63, 3.8) is 0 Å². The normalized spacial score (nSPS) is 12.6. The Labute approximate surface area is 134 Å². The van der Waals surface area contributed by atoms with Gasteiger partial charge in [0.2, 0.25) is 10.0 Å². The van der Waals surface area contributed by atoms with Crippen LogP contribution in [0.15, 0.2) is 14.7 Å². The molecule has 0 fully saturated rings. The zero-order chi connectivity index (χ0) is 15.3. The molecule has 2 N–H and O–H groups in total. The fourth-order valence-corrected chi connectivity index (χ4v) is 5.75. The van der Waals surface area contributed by atoms with Crippen LogP contribution in [-0.4, -0.2) is 20.5 Å². The van der Waals surface area contributed by atoms with E-state index in [9.17, 15) is 8.42 Å². The van der Waals surface area contributed by atoms with Crippen LogP contribution in [0.25, 0.3) is 0 Å². The van der Waals surface area contributed by atoms with Gasteiger partial charge in [0.1, 0.15) is 4.90 Å². The third-order valence-corrected chi connectivity index (χ3v) is 6.76. The van der Waals surface area contributed by atoms with E-state index in [1.807, 2.05) is 13.8 Å². The highest BCUT2D eigenvalue weighted by atomic mass is 79.9. The number of hydrogen-bond donors (Lipinski definition) is 2. The number of sulfonamides is 1. The Morgan fingerprint density at radius 3 is 2.40 bits per heavy atom. The minimum Gasteiger partial charge on any atom is -0.310 e. The number of rotatable bonds is 8. The molecule has 0 amide bonds. The average Bonchev–Trinajstić information content (AvgIpc) is 2.75. The lowest BCUT2D eigenvalue weighted by atomic mass is 10.2. The highest BCUT2D eigenvalue weighted by Gasteiger charge is 2.23. The first kappa shape index (κ1) is 18.1. The van der Waals surface area contributed by atoms with E-state index in [0.29, 0.717) is 21.3 Å². The molecule has 0 bridgehead atoms. The van der Waals surface area contributed by atoms with E-state index in [1.165, 1.54) is 11.3 Å². The fourth-order valence-electron chi connectivity index (χ4n) is 1.71. The van der Waals surface area contributed by atoms with Crippen molar-refractivity contribution in [2.45, 2.75) is 64.1 Å². The van der Waals surface area contributed by atoms with Crippen LogP contribution in [0.5, 0.6) is 0 Å². The zero-order valence-electron chi connectivity index (χ0n) is 12.4. The lowest BCUT2D eigenvalue weighted by Crippen LogP contribution is -2.33. The summed E-state index contributed by atoms with van der Waals surface area (Å²) < 4.78 is 28.2. The second kappa shape index (κ2) is 7.89. The van der Waals surface area contributed by atoms with Crippen LogP contribution < -0.4 is 10.0 Å². The lowest BCUT2D eigenvalue weighted by molar-refractivity contribution is 0.530. The minimum absolute atomic E-state index is 0.0101. The summed E-state index contributed by atoms with van der Waals surface area (Å²) in [5.41, 5.74) is 0. The van der Waals surface area contributed by atoms with Crippen LogP contribution in [0.1, 0.15) is 45.4 Å². The average molecular weight is 383 g/mol. The second-order valence-corrected chi connectivity index (χ2v) is 9.16. The van der Waals surface area contributed by atoms with Crippen molar-refractivity contribution >= 4 is 37.3 Å². The molecule has 0 saturated carbocycles. The highest BCUT2D eigenvalue weighted by molar-refractivity contribution is 9.11. The second-order valence-electron chi connectivity index (χ2n) is 5.02. The van der Waals surface area contributed by atoms with Gasteiger partial charge >= 0.3 is 0 Å². The van der Waals surface area contributed by atoms with Crippen molar-refractivity contribution in [3.8, 4) is 0 Å². The standard InChI is InChI=1S/C13H23BrN2O2S2/c1-5-10(6-2)16-20(17,18)12-7-11(19-13(12)14)8-15-9(3)4/h7,9-10,15-16H,5-6,8H2,1-4H3. The monoisotopic (exact) mass is 382 g/mol. The molecule has 0 unspecified atom stereocenters. The fraction of sp³-hybridized carbons (Fsp3) is 0.692. The van der Waals surface area contributed by atoms with Crippen LogP contribution >= 0.6 is 27.3 Å². The van der Waals surface area contributed by atoms with Crippen molar-refractivity contribution in [3.05, 3.63) is 14.7 Å². The summed E-state index contributed by atoms with van der Waals surface area (Å²) in [6.45, 7) is 8.78. The van der Waals surface area contributed by atoms with E-state index < -0.39 is 10.0 Å². The number of thiophene rings is 1. The molecule has 0 spiro atoms. The lowest BCUT2D eigenvalue weighted by Gasteiger charge is -2.14. The molecule has 0 aliphatic carbocycles. The Bertz CT molecular complexity index is 522. The number of hydrogen-bond acceptors (Lipinski definition) is 4. The molecular formula is C13H23BrN2O2S2. The van der Waals surface area contributed by atoms with Gasteiger partial charge < -0.3 is 5.32 Å². The van der Waals surface area contributed by atoms with Gasteiger partial charge in [-0.15, -0.1) is 11.3 Å². The number of halogens is 1. The van der Waals surface area contributed by atoms with Crippen LogP contribution in [0.4, 0.5) is 0 Å². The molecule has 0 radical (unpaired) electrons. The van der Waals surface area contributed by atoms with Crippen LogP contribution in [-0.2, 0) is 16.6 Å². The van der Waals surface area contributed by atoms with E-state index >= 15 is 0 Å². The molecule has 0 saturated heterocycles. The summed E-state index contributed by atoms with van der Waals surface area (Å²) in [5.74, 6) is 0. The van der Waals surface area contributed by atoms with Gasteiger partial charge in [-0.1, -0.05) is 27.7 Å². The maximum absolute atomic E-state index is 12.4. The molecule has 20 heavy (non-hydrogen) atoms. The Balaban J connectivity index is 2.89. The molecule has 0 aromatic carbocycles. The smallest absolute Gasteiger partial charge is 0.242 e. The van der Waals surface area contributed by atoms with Gasteiger partial charge in [-0.3, -0.25) is 0 Å². The topological polar surface area (TPSA) is 58.2 Å². The first-order chi connectivity index (χ1) is 9.30. The summed E-state index contributed by atoms with van der Waals surface area (Å²) in [4.78, 5) is 1.35. The predicted octanol–water partition coefficient (Wildman–Crippen LogP) is 3.48. The third-order valence-electron chi connectivity index (χ3n) is 2.99. The van der Waals surface area contributed by atoms with Crippen LogP contribution in [0.3, 0.4) is 0 Å². The van der Waals surface area contributed by atoms with Gasteiger partial charge in [0, 0.05) is 23.5 Å². The van der Waals surface area contributed by atoms with Gasteiger partial charge in [0.25, 0.3) is 0 Å². The van der Waals surface area contributed by atoms with Crippen molar-refractivity contribution < 1.29 is 8.42 Å².